The summed E-state index contributed by atoms with van der Waals surface area (Å²) in [6.07, 6.45) is -6.55. The molecule has 0 aliphatic heterocycles. The van der Waals surface area contributed by atoms with Gasteiger partial charge in [-0.25, -0.2) is 41.6 Å². The van der Waals surface area contributed by atoms with Gasteiger partial charge in [-0.2, -0.15) is 26.3 Å². The second-order valence-corrected chi connectivity index (χ2v) is 8.91. The number of nitrogens with zero attached hydrogens (tertiary/aromatic N) is 6. The van der Waals surface area contributed by atoms with Gasteiger partial charge in [-0.05, 0) is 12.1 Å². The van der Waals surface area contributed by atoms with E-state index in [4.69, 9.17) is 11.7 Å². The zero-order valence-corrected chi connectivity index (χ0v) is 22.2. The van der Waals surface area contributed by atoms with E-state index < -0.39 is 23.7 Å². The van der Waals surface area contributed by atoms with Gasteiger partial charge in [0, 0.05) is 23.5 Å². The number of alkyl halides is 6. The van der Waals surface area contributed by atoms with Gasteiger partial charge >= 0.3 is 12.4 Å². The summed E-state index contributed by atoms with van der Waals surface area (Å²) in [7, 11) is 0. The van der Waals surface area contributed by atoms with Crippen molar-refractivity contribution < 1.29 is 26.3 Å². The highest BCUT2D eigenvalue weighted by Crippen LogP contribution is 2.37. The number of hydrazine groups is 2. The Morgan fingerprint density at radius 2 is 0.909 bits per heavy atom. The SMILES string of the molecule is NNc1nccc2nc(-c3ccccc3)c(C(F)(F)F)nc12.NNc1nccc2nc(C(F)(F)F)c(-c3ccccc3)nc12. The van der Waals surface area contributed by atoms with Crippen LogP contribution in [0.25, 0.3) is 44.6 Å². The van der Waals surface area contributed by atoms with Crippen LogP contribution in [-0.2, 0) is 12.4 Å². The molecule has 0 fully saturated rings. The maximum Gasteiger partial charge on any atom is 0.435 e. The van der Waals surface area contributed by atoms with E-state index in [1.54, 1.807) is 48.5 Å². The second-order valence-electron chi connectivity index (χ2n) is 8.91. The molecule has 0 unspecified atom stereocenters. The van der Waals surface area contributed by atoms with Gasteiger partial charge in [-0.3, -0.25) is 0 Å². The average Bonchev–Trinajstić information content (AvgIpc) is 3.03. The summed E-state index contributed by atoms with van der Waals surface area (Å²) < 4.78 is 79.8. The number of hydrogen-bond donors (Lipinski definition) is 4. The van der Waals surface area contributed by atoms with Crippen LogP contribution in [0.2, 0.25) is 0 Å². The lowest BCUT2D eigenvalue weighted by molar-refractivity contribution is -0.141. The number of hydrogen-bond acceptors (Lipinski definition) is 10. The number of fused-ring (bicyclic) bond motifs is 2. The molecule has 0 aliphatic rings. The molecule has 4 heterocycles. The third kappa shape index (κ3) is 6.16. The summed E-state index contributed by atoms with van der Waals surface area (Å²) in [6, 6.07) is 19.0. The maximum atomic E-state index is 13.3. The third-order valence-corrected chi connectivity index (χ3v) is 6.07. The van der Waals surface area contributed by atoms with Crippen LogP contribution >= 0.6 is 0 Å². The predicted octanol–water partition coefficient (Wildman–Crippen LogP) is 5.99. The molecule has 224 valence electrons. The number of aromatic nitrogens is 6. The third-order valence-electron chi connectivity index (χ3n) is 6.07. The number of halogens is 6. The van der Waals surface area contributed by atoms with E-state index >= 15 is 0 Å². The summed E-state index contributed by atoms with van der Waals surface area (Å²) >= 11 is 0. The van der Waals surface area contributed by atoms with Crippen molar-refractivity contribution in [2.45, 2.75) is 12.4 Å². The van der Waals surface area contributed by atoms with Crippen LogP contribution in [-0.4, -0.2) is 29.9 Å². The Kier molecular flexibility index (Phi) is 8.19. The highest BCUT2D eigenvalue weighted by molar-refractivity contribution is 5.88. The van der Waals surface area contributed by atoms with E-state index in [9.17, 15) is 26.3 Å². The van der Waals surface area contributed by atoms with Gasteiger partial charge in [0.15, 0.2) is 23.0 Å². The molecule has 10 nitrogen and oxygen atoms in total. The van der Waals surface area contributed by atoms with Crippen molar-refractivity contribution in [3.05, 3.63) is 96.6 Å². The van der Waals surface area contributed by atoms with Crippen LogP contribution in [0.1, 0.15) is 11.4 Å². The largest absolute Gasteiger partial charge is 0.435 e. The Labute approximate surface area is 244 Å². The van der Waals surface area contributed by atoms with Crippen molar-refractivity contribution >= 4 is 33.7 Å². The molecule has 6 N–H and O–H groups in total. The average molecular weight is 611 g/mol. The molecule has 0 amide bonds. The van der Waals surface area contributed by atoms with Crippen molar-refractivity contribution in [3.63, 3.8) is 0 Å². The Morgan fingerprint density at radius 1 is 0.500 bits per heavy atom. The lowest BCUT2D eigenvalue weighted by atomic mass is 10.1. The first kappa shape index (κ1) is 30.0. The van der Waals surface area contributed by atoms with Crippen molar-refractivity contribution in [2.75, 3.05) is 10.9 Å². The molecule has 0 saturated carbocycles. The Bertz CT molecular complexity index is 1920. The number of anilines is 2. The smallest absolute Gasteiger partial charge is 0.307 e. The van der Waals surface area contributed by atoms with Crippen molar-refractivity contribution in [3.8, 4) is 22.5 Å². The standard InChI is InChI=1S/2C14H10F3N5/c15-14(16,17)12-10(8-4-2-1-3-5-8)21-11-9(20-12)6-7-19-13(11)22-18;15-14(16,17)12-10(8-4-2-1-3-5-8)20-9-6-7-19-13(22-18)11(9)21-12/h2*1-7H,18H2,(H,19,22). The highest BCUT2D eigenvalue weighted by Gasteiger charge is 2.38. The van der Waals surface area contributed by atoms with E-state index in [1.165, 1.54) is 36.7 Å². The molecule has 0 aliphatic carbocycles. The fraction of sp³-hybridized carbons (Fsp3) is 0.0714. The Morgan fingerprint density at radius 3 is 1.36 bits per heavy atom. The number of rotatable bonds is 4. The van der Waals surface area contributed by atoms with Gasteiger partial charge in [0.2, 0.25) is 0 Å². The molecule has 4 aromatic heterocycles. The van der Waals surface area contributed by atoms with Crippen molar-refractivity contribution in [1.29, 1.82) is 0 Å². The predicted molar refractivity (Wildman–Crippen MR) is 151 cm³/mol. The number of nitrogens with two attached hydrogens (primary N) is 2. The van der Waals surface area contributed by atoms with E-state index in [1.807, 2.05) is 0 Å². The minimum atomic E-state index is -4.64. The van der Waals surface area contributed by atoms with Crippen LogP contribution in [0.5, 0.6) is 0 Å². The lowest BCUT2D eigenvalue weighted by Crippen LogP contribution is -2.14. The van der Waals surface area contributed by atoms with Gasteiger partial charge in [-0.1, -0.05) is 60.7 Å². The van der Waals surface area contributed by atoms with E-state index in [2.05, 4.69) is 40.8 Å². The van der Waals surface area contributed by atoms with E-state index in [-0.39, 0.29) is 45.1 Å². The first-order chi connectivity index (χ1) is 21.0. The second kappa shape index (κ2) is 12.0. The van der Waals surface area contributed by atoms with Crippen LogP contribution in [0.4, 0.5) is 38.0 Å². The lowest BCUT2D eigenvalue weighted by Gasteiger charge is -2.13. The molecule has 6 aromatic rings. The van der Waals surface area contributed by atoms with Crippen molar-refractivity contribution in [2.24, 2.45) is 11.7 Å². The van der Waals surface area contributed by atoms with Gasteiger partial charge in [-0.15, -0.1) is 0 Å². The number of nitrogen functional groups attached to an aromatic ring is 2. The molecular formula is C28H20F6N10. The minimum Gasteiger partial charge on any atom is -0.307 e. The molecular weight excluding hydrogens is 590 g/mol. The van der Waals surface area contributed by atoms with E-state index in [0.717, 1.165) is 0 Å². The molecule has 44 heavy (non-hydrogen) atoms. The van der Waals surface area contributed by atoms with Crippen LogP contribution in [0, 0.1) is 0 Å². The maximum absolute atomic E-state index is 13.3. The number of nitrogens with one attached hydrogen (secondary N) is 2. The molecule has 16 heteroatoms. The first-order valence-corrected chi connectivity index (χ1v) is 12.5. The summed E-state index contributed by atoms with van der Waals surface area (Å²) in [4.78, 5) is 23.4. The topological polar surface area (TPSA) is 153 Å². The summed E-state index contributed by atoms with van der Waals surface area (Å²) in [5, 5.41) is 0. The van der Waals surface area contributed by atoms with Gasteiger partial charge in [0.1, 0.15) is 22.4 Å². The fourth-order valence-electron chi connectivity index (χ4n) is 4.17. The first-order valence-electron chi connectivity index (χ1n) is 12.5. The molecule has 0 bridgehead atoms. The summed E-state index contributed by atoms with van der Waals surface area (Å²) in [5.41, 5.74) is 3.07. The fourth-order valence-corrected chi connectivity index (χ4v) is 4.17. The monoisotopic (exact) mass is 610 g/mol. The summed E-state index contributed by atoms with van der Waals surface area (Å²) in [5.74, 6) is 10.8. The van der Waals surface area contributed by atoms with Crippen LogP contribution in [0.3, 0.4) is 0 Å². The quantitative estimate of drug-likeness (QED) is 0.106. The highest BCUT2D eigenvalue weighted by atomic mass is 19.4. The summed E-state index contributed by atoms with van der Waals surface area (Å²) in [6.45, 7) is 0. The van der Waals surface area contributed by atoms with E-state index in [0.29, 0.717) is 11.1 Å². The number of pyridine rings is 2. The Hall–Kier alpha value is -5.48. The van der Waals surface area contributed by atoms with Gasteiger partial charge in [0.25, 0.3) is 0 Å². The zero-order chi connectivity index (χ0) is 31.5. The molecule has 0 saturated heterocycles. The molecule has 6 rings (SSSR count). The molecule has 0 spiro atoms. The number of benzene rings is 2. The molecule has 2 aromatic carbocycles. The normalized spacial score (nSPS) is 11.6. The molecule has 0 radical (unpaired) electrons. The van der Waals surface area contributed by atoms with Crippen molar-refractivity contribution in [1.82, 2.24) is 29.9 Å². The van der Waals surface area contributed by atoms with Gasteiger partial charge in [0.05, 0.1) is 11.0 Å². The minimum absolute atomic E-state index is 0.0305. The molecule has 0 atom stereocenters. The van der Waals surface area contributed by atoms with Gasteiger partial charge < -0.3 is 10.9 Å². The zero-order valence-electron chi connectivity index (χ0n) is 22.2. The van der Waals surface area contributed by atoms with Crippen LogP contribution < -0.4 is 22.5 Å². The van der Waals surface area contributed by atoms with Crippen LogP contribution in [0.15, 0.2) is 85.2 Å². The Balaban J connectivity index is 0.000000175.